The number of halogens is 1. The highest BCUT2D eigenvalue weighted by molar-refractivity contribution is 6.17. The van der Waals surface area contributed by atoms with Crippen molar-refractivity contribution in [2.75, 3.05) is 17.7 Å². The molecule has 0 unspecified atom stereocenters. The van der Waals surface area contributed by atoms with Gasteiger partial charge in [0.1, 0.15) is 5.52 Å². The summed E-state index contributed by atoms with van der Waals surface area (Å²) in [6, 6.07) is 5.91. The fourth-order valence-corrected chi connectivity index (χ4v) is 1.58. The molecular weight excluding hydrogens is 212 g/mol. The third kappa shape index (κ3) is 2.42. The lowest BCUT2D eigenvalue weighted by atomic mass is 10.3. The molecule has 0 spiro atoms. The minimum atomic E-state index is 0.677. The molecule has 1 aromatic carbocycles. The monoisotopic (exact) mass is 224 g/mol. The molecule has 1 heterocycles. The second-order valence-electron chi connectivity index (χ2n) is 3.38. The van der Waals surface area contributed by atoms with E-state index >= 15 is 0 Å². The first-order valence-electron chi connectivity index (χ1n) is 4.96. The molecule has 2 aromatic rings. The lowest BCUT2D eigenvalue weighted by Gasteiger charge is -2.03. The molecule has 0 fully saturated rings. The molecule has 0 saturated heterocycles. The molecule has 4 heteroatoms. The lowest BCUT2D eigenvalue weighted by molar-refractivity contribution is 0.561. The van der Waals surface area contributed by atoms with Gasteiger partial charge in [-0.25, -0.2) is 4.98 Å². The number of alkyl halides is 1. The molecule has 3 nitrogen and oxygen atoms in total. The predicted molar refractivity (Wildman–Crippen MR) is 62.6 cm³/mol. The van der Waals surface area contributed by atoms with Gasteiger partial charge in [0.25, 0.3) is 0 Å². The van der Waals surface area contributed by atoms with Crippen LogP contribution in [0.3, 0.4) is 0 Å². The Morgan fingerprint density at radius 1 is 1.47 bits per heavy atom. The summed E-state index contributed by atoms with van der Waals surface area (Å²) in [7, 11) is 0. The Morgan fingerprint density at radius 2 is 2.33 bits per heavy atom. The number of hydrogen-bond acceptors (Lipinski definition) is 3. The van der Waals surface area contributed by atoms with Crippen molar-refractivity contribution in [1.82, 2.24) is 4.98 Å². The number of aryl methyl sites for hydroxylation is 1. The zero-order valence-electron chi connectivity index (χ0n) is 8.59. The van der Waals surface area contributed by atoms with Crippen molar-refractivity contribution in [3.8, 4) is 0 Å². The summed E-state index contributed by atoms with van der Waals surface area (Å²) < 4.78 is 5.44. The van der Waals surface area contributed by atoms with Gasteiger partial charge in [-0.3, -0.25) is 0 Å². The highest BCUT2D eigenvalue weighted by atomic mass is 35.5. The van der Waals surface area contributed by atoms with Gasteiger partial charge in [0.2, 0.25) is 0 Å². The molecule has 0 aliphatic heterocycles. The Morgan fingerprint density at radius 3 is 3.13 bits per heavy atom. The second kappa shape index (κ2) is 4.53. The summed E-state index contributed by atoms with van der Waals surface area (Å²) in [5.74, 6) is 1.37. The van der Waals surface area contributed by atoms with Crippen LogP contribution in [-0.4, -0.2) is 17.4 Å². The highest BCUT2D eigenvalue weighted by Crippen LogP contribution is 2.19. The smallest absolute Gasteiger partial charge is 0.192 e. The summed E-state index contributed by atoms with van der Waals surface area (Å²) in [6.07, 6.45) is 0.953. The van der Waals surface area contributed by atoms with E-state index in [1.807, 2.05) is 25.1 Å². The summed E-state index contributed by atoms with van der Waals surface area (Å²) in [4.78, 5) is 4.24. The first-order valence-corrected chi connectivity index (χ1v) is 5.50. The predicted octanol–water partition coefficient (Wildman–Crippen LogP) is 3.18. The standard InChI is InChI=1S/C11H13ClN2O/c1-8-14-10-4-3-9(7-11(10)15-8)13-6-2-5-12/h3-4,7,13H,2,5-6H2,1H3. The minimum absolute atomic E-state index is 0.677. The molecule has 0 amide bonds. The van der Waals surface area contributed by atoms with E-state index in [9.17, 15) is 0 Å². The number of aromatic nitrogens is 1. The number of anilines is 1. The van der Waals surface area contributed by atoms with Crippen LogP contribution in [0.25, 0.3) is 11.1 Å². The van der Waals surface area contributed by atoms with E-state index < -0.39 is 0 Å². The van der Waals surface area contributed by atoms with E-state index in [2.05, 4.69) is 10.3 Å². The normalized spacial score (nSPS) is 10.8. The third-order valence-corrected chi connectivity index (χ3v) is 2.40. The molecule has 0 aliphatic rings. The van der Waals surface area contributed by atoms with Crippen LogP contribution in [0, 0.1) is 6.92 Å². The van der Waals surface area contributed by atoms with Crippen LogP contribution in [0.15, 0.2) is 22.6 Å². The van der Waals surface area contributed by atoms with Crippen LogP contribution >= 0.6 is 11.6 Å². The molecule has 0 radical (unpaired) electrons. The van der Waals surface area contributed by atoms with Crippen molar-refractivity contribution in [1.29, 1.82) is 0 Å². The zero-order chi connectivity index (χ0) is 10.7. The van der Waals surface area contributed by atoms with E-state index in [4.69, 9.17) is 16.0 Å². The van der Waals surface area contributed by atoms with Gasteiger partial charge in [-0.15, -0.1) is 11.6 Å². The van der Waals surface area contributed by atoms with Gasteiger partial charge in [-0.2, -0.15) is 0 Å². The maximum absolute atomic E-state index is 5.60. The molecule has 1 N–H and O–H groups in total. The van der Waals surface area contributed by atoms with Crippen LogP contribution < -0.4 is 5.32 Å². The number of nitrogens with one attached hydrogen (secondary N) is 1. The molecule has 0 atom stereocenters. The average Bonchev–Trinajstić information content (AvgIpc) is 2.57. The van der Waals surface area contributed by atoms with Crippen molar-refractivity contribution in [2.45, 2.75) is 13.3 Å². The van der Waals surface area contributed by atoms with Crippen LogP contribution in [0.4, 0.5) is 5.69 Å². The van der Waals surface area contributed by atoms with Gasteiger partial charge < -0.3 is 9.73 Å². The van der Waals surface area contributed by atoms with Gasteiger partial charge in [-0.1, -0.05) is 0 Å². The van der Waals surface area contributed by atoms with E-state index in [0.717, 1.165) is 29.8 Å². The molecule has 0 bridgehead atoms. The maximum atomic E-state index is 5.60. The van der Waals surface area contributed by atoms with Crippen LogP contribution in [0.2, 0.25) is 0 Å². The Bertz CT molecular complexity index is 453. The average molecular weight is 225 g/mol. The minimum Gasteiger partial charge on any atom is -0.441 e. The number of rotatable bonds is 4. The summed E-state index contributed by atoms with van der Waals surface area (Å²) in [5, 5.41) is 3.27. The summed E-state index contributed by atoms with van der Waals surface area (Å²) in [5.41, 5.74) is 2.77. The number of benzene rings is 1. The molecule has 80 valence electrons. The Labute approximate surface area is 93.4 Å². The highest BCUT2D eigenvalue weighted by Gasteiger charge is 2.02. The van der Waals surface area contributed by atoms with E-state index in [1.54, 1.807) is 0 Å². The second-order valence-corrected chi connectivity index (χ2v) is 3.76. The molecular formula is C11H13ClN2O. The van der Waals surface area contributed by atoms with Crippen molar-refractivity contribution in [3.63, 3.8) is 0 Å². The van der Waals surface area contributed by atoms with Crippen molar-refractivity contribution < 1.29 is 4.42 Å². The van der Waals surface area contributed by atoms with E-state index in [-0.39, 0.29) is 0 Å². The fraction of sp³-hybridized carbons (Fsp3) is 0.364. The van der Waals surface area contributed by atoms with Gasteiger partial charge in [0.15, 0.2) is 11.5 Å². The molecule has 2 rings (SSSR count). The van der Waals surface area contributed by atoms with Crippen LogP contribution in [0.1, 0.15) is 12.3 Å². The van der Waals surface area contributed by atoms with Crippen molar-refractivity contribution >= 4 is 28.4 Å². The van der Waals surface area contributed by atoms with E-state index in [1.165, 1.54) is 0 Å². The van der Waals surface area contributed by atoms with Gasteiger partial charge in [-0.05, 0) is 18.6 Å². The van der Waals surface area contributed by atoms with Crippen LogP contribution in [-0.2, 0) is 0 Å². The van der Waals surface area contributed by atoms with Gasteiger partial charge >= 0.3 is 0 Å². The van der Waals surface area contributed by atoms with Crippen molar-refractivity contribution in [2.24, 2.45) is 0 Å². The molecule has 15 heavy (non-hydrogen) atoms. The maximum Gasteiger partial charge on any atom is 0.192 e. The number of oxazole rings is 1. The SMILES string of the molecule is Cc1nc2ccc(NCCCCl)cc2o1. The van der Waals surface area contributed by atoms with Gasteiger partial charge in [0, 0.05) is 31.1 Å². The molecule has 1 aromatic heterocycles. The summed E-state index contributed by atoms with van der Waals surface area (Å²) in [6.45, 7) is 2.72. The zero-order valence-corrected chi connectivity index (χ0v) is 9.34. The van der Waals surface area contributed by atoms with Crippen LogP contribution in [0.5, 0.6) is 0 Å². The van der Waals surface area contributed by atoms with Crippen molar-refractivity contribution in [3.05, 3.63) is 24.1 Å². The Balaban J connectivity index is 2.15. The number of nitrogens with zero attached hydrogens (tertiary/aromatic N) is 1. The molecule has 0 aliphatic carbocycles. The molecule has 0 saturated carbocycles. The lowest BCUT2D eigenvalue weighted by Crippen LogP contribution is -2.01. The summed E-state index contributed by atoms with van der Waals surface area (Å²) >= 11 is 5.60. The first kappa shape index (κ1) is 10.3. The Hall–Kier alpha value is -1.22. The fourth-order valence-electron chi connectivity index (χ4n) is 1.45. The number of fused-ring (bicyclic) bond motifs is 1. The largest absolute Gasteiger partial charge is 0.441 e. The third-order valence-electron chi connectivity index (χ3n) is 2.13. The number of hydrogen-bond donors (Lipinski definition) is 1. The topological polar surface area (TPSA) is 38.1 Å². The van der Waals surface area contributed by atoms with Gasteiger partial charge in [0.05, 0.1) is 0 Å². The van der Waals surface area contributed by atoms with E-state index in [0.29, 0.717) is 11.8 Å². The quantitative estimate of drug-likeness (QED) is 0.640. The first-order chi connectivity index (χ1) is 7.29. The Kier molecular flexibility index (Phi) is 3.11.